The largest absolute Gasteiger partial charge is 0.304 e. The highest BCUT2D eigenvalue weighted by Crippen LogP contribution is 2.27. The monoisotopic (exact) mass is 315 g/mol. The minimum Gasteiger partial charge on any atom is -0.304 e. The van der Waals surface area contributed by atoms with Crippen molar-refractivity contribution in [1.29, 1.82) is 0 Å². The van der Waals surface area contributed by atoms with Gasteiger partial charge in [0.05, 0.1) is 0 Å². The number of aryl methyl sites for hydroxylation is 2. The first kappa shape index (κ1) is 16.9. The zero-order valence-electron chi connectivity index (χ0n) is 15.4. The fraction of sp³-hybridized carbons (Fsp3) is 0.750. The Morgan fingerprint density at radius 1 is 1.04 bits per heavy atom. The molecule has 1 atom stereocenters. The van der Waals surface area contributed by atoms with Crippen LogP contribution in [-0.4, -0.2) is 54.1 Å². The minimum atomic E-state index is 0.196. The smallest absolute Gasteiger partial charge is 0.0435 e. The Morgan fingerprint density at radius 2 is 1.78 bits per heavy atom. The van der Waals surface area contributed by atoms with Crippen LogP contribution in [0.3, 0.4) is 0 Å². The zero-order valence-corrected chi connectivity index (χ0v) is 15.4. The summed E-state index contributed by atoms with van der Waals surface area (Å²) in [5.74, 6) is 0. The molecule has 0 N–H and O–H groups in total. The topological polar surface area (TPSA) is 19.4 Å². The fourth-order valence-corrected chi connectivity index (χ4v) is 3.91. The van der Waals surface area contributed by atoms with Crippen molar-refractivity contribution in [2.75, 3.05) is 33.2 Å². The summed E-state index contributed by atoms with van der Waals surface area (Å²) < 4.78 is 0. The van der Waals surface area contributed by atoms with Crippen molar-refractivity contribution in [3.8, 4) is 0 Å². The molecule has 3 heteroatoms. The third-order valence-corrected chi connectivity index (χ3v) is 5.68. The molecule has 0 spiro atoms. The van der Waals surface area contributed by atoms with E-state index in [4.69, 9.17) is 4.98 Å². The first-order chi connectivity index (χ1) is 10.9. The number of hydrogen-bond donors (Lipinski definition) is 0. The number of nitrogens with zero attached hydrogens (tertiary/aromatic N) is 3. The molecule has 3 rings (SSSR count). The van der Waals surface area contributed by atoms with Gasteiger partial charge in [-0.05, 0) is 55.7 Å². The predicted molar refractivity (Wildman–Crippen MR) is 97.1 cm³/mol. The van der Waals surface area contributed by atoms with Gasteiger partial charge in [0.15, 0.2) is 0 Å². The van der Waals surface area contributed by atoms with Gasteiger partial charge < -0.3 is 4.90 Å². The van der Waals surface area contributed by atoms with E-state index >= 15 is 0 Å². The van der Waals surface area contributed by atoms with Crippen LogP contribution in [-0.2, 0) is 18.3 Å². The predicted octanol–water partition coefficient (Wildman–Crippen LogP) is 3.26. The third kappa shape index (κ3) is 4.13. The highest BCUT2D eigenvalue weighted by molar-refractivity contribution is 5.30. The molecule has 1 fully saturated rings. The molecule has 1 aromatic rings. The molecular weight excluding hydrogens is 282 g/mol. The van der Waals surface area contributed by atoms with Gasteiger partial charge in [-0.1, -0.05) is 26.8 Å². The Balaban J connectivity index is 1.71. The van der Waals surface area contributed by atoms with Gasteiger partial charge in [-0.15, -0.1) is 0 Å². The summed E-state index contributed by atoms with van der Waals surface area (Å²) in [6.07, 6.45) is 8.38. The van der Waals surface area contributed by atoms with Crippen LogP contribution in [0.5, 0.6) is 0 Å². The molecule has 1 aliphatic carbocycles. The Morgan fingerprint density at radius 3 is 2.48 bits per heavy atom. The van der Waals surface area contributed by atoms with E-state index in [0.717, 1.165) is 12.5 Å². The van der Waals surface area contributed by atoms with Crippen molar-refractivity contribution in [3.05, 3.63) is 29.1 Å². The molecular formula is C20H33N3. The Hall–Kier alpha value is -0.930. The number of hydrogen-bond acceptors (Lipinski definition) is 3. The molecule has 2 heterocycles. The van der Waals surface area contributed by atoms with E-state index in [1.807, 2.05) is 0 Å². The molecule has 2 aliphatic rings. The zero-order chi connectivity index (χ0) is 16.4. The number of fused-ring (bicyclic) bond motifs is 1. The minimum absolute atomic E-state index is 0.196. The molecule has 0 aromatic carbocycles. The van der Waals surface area contributed by atoms with Crippen LogP contribution < -0.4 is 0 Å². The molecule has 0 bridgehead atoms. The highest BCUT2D eigenvalue weighted by Gasteiger charge is 2.25. The first-order valence-corrected chi connectivity index (χ1v) is 9.34. The average molecular weight is 316 g/mol. The summed E-state index contributed by atoms with van der Waals surface area (Å²) in [6, 6.07) is 3.21. The standard InChI is InChI=1S/C20H33N3/c1-20(2,3)17-14-16-8-9-18(6-5-7-19(16)21-15-17)23-12-10-22(4)11-13-23/h14-15,18H,5-13H2,1-4H3. The van der Waals surface area contributed by atoms with Gasteiger partial charge in [-0.2, -0.15) is 0 Å². The van der Waals surface area contributed by atoms with Crippen molar-refractivity contribution in [3.63, 3.8) is 0 Å². The molecule has 1 saturated heterocycles. The number of likely N-dealkylation sites (N-methyl/N-ethyl adjacent to an activating group) is 1. The lowest BCUT2D eigenvalue weighted by atomic mass is 9.85. The maximum absolute atomic E-state index is 4.81. The van der Waals surface area contributed by atoms with Crippen molar-refractivity contribution in [2.45, 2.75) is 64.3 Å². The first-order valence-electron chi connectivity index (χ1n) is 9.34. The number of rotatable bonds is 1. The lowest BCUT2D eigenvalue weighted by molar-refractivity contribution is 0.100. The summed E-state index contributed by atoms with van der Waals surface area (Å²) >= 11 is 0. The van der Waals surface area contributed by atoms with Crippen LogP contribution in [0.1, 0.15) is 56.9 Å². The summed E-state index contributed by atoms with van der Waals surface area (Å²) in [7, 11) is 2.24. The van der Waals surface area contributed by atoms with Gasteiger partial charge >= 0.3 is 0 Å². The summed E-state index contributed by atoms with van der Waals surface area (Å²) in [4.78, 5) is 10.0. The summed E-state index contributed by atoms with van der Waals surface area (Å²) in [5, 5.41) is 0. The van der Waals surface area contributed by atoms with Crippen LogP contribution in [0.2, 0.25) is 0 Å². The van der Waals surface area contributed by atoms with Crippen molar-refractivity contribution >= 4 is 0 Å². The Kier molecular flexibility index (Phi) is 5.07. The maximum Gasteiger partial charge on any atom is 0.0435 e. The fourth-order valence-electron chi connectivity index (χ4n) is 3.91. The molecule has 0 radical (unpaired) electrons. The number of piperazine rings is 1. The third-order valence-electron chi connectivity index (χ3n) is 5.68. The summed E-state index contributed by atoms with van der Waals surface area (Å²) in [5.41, 5.74) is 4.44. The van der Waals surface area contributed by atoms with E-state index in [1.165, 1.54) is 68.7 Å². The van der Waals surface area contributed by atoms with Gasteiger partial charge in [0, 0.05) is 44.1 Å². The number of pyridine rings is 1. The van der Waals surface area contributed by atoms with Gasteiger partial charge in [-0.25, -0.2) is 0 Å². The van der Waals surface area contributed by atoms with Crippen molar-refractivity contribution < 1.29 is 0 Å². The molecule has 128 valence electrons. The van der Waals surface area contributed by atoms with E-state index < -0.39 is 0 Å². The van der Waals surface area contributed by atoms with E-state index in [1.54, 1.807) is 0 Å². The van der Waals surface area contributed by atoms with Crippen LogP contribution >= 0.6 is 0 Å². The number of aromatic nitrogens is 1. The van der Waals surface area contributed by atoms with Gasteiger partial charge in [0.25, 0.3) is 0 Å². The van der Waals surface area contributed by atoms with Crippen LogP contribution in [0.15, 0.2) is 12.3 Å². The van der Waals surface area contributed by atoms with E-state index in [0.29, 0.717) is 0 Å². The average Bonchev–Trinajstić information content (AvgIpc) is 2.48. The lowest BCUT2D eigenvalue weighted by Gasteiger charge is -2.39. The normalized spacial score (nSPS) is 24.8. The molecule has 1 unspecified atom stereocenters. The van der Waals surface area contributed by atoms with Gasteiger partial charge in [0.1, 0.15) is 0 Å². The molecule has 1 aliphatic heterocycles. The maximum atomic E-state index is 4.81. The van der Waals surface area contributed by atoms with E-state index in [2.05, 4.69) is 49.9 Å². The molecule has 3 nitrogen and oxygen atoms in total. The van der Waals surface area contributed by atoms with Gasteiger partial charge in [-0.3, -0.25) is 9.88 Å². The quantitative estimate of drug-likeness (QED) is 0.793. The molecule has 1 aromatic heterocycles. The van der Waals surface area contributed by atoms with Crippen molar-refractivity contribution in [2.24, 2.45) is 0 Å². The SMILES string of the molecule is CN1CCN(C2CCCc3ncc(C(C)(C)C)cc3CC2)CC1. The van der Waals surface area contributed by atoms with Gasteiger partial charge in [0.2, 0.25) is 0 Å². The Bertz CT molecular complexity index is 524. The van der Waals surface area contributed by atoms with Crippen LogP contribution in [0, 0.1) is 0 Å². The lowest BCUT2D eigenvalue weighted by Crippen LogP contribution is -2.49. The molecule has 23 heavy (non-hydrogen) atoms. The highest BCUT2D eigenvalue weighted by atomic mass is 15.3. The second kappa shape index (κ2) is 6.90. The van der Waals surface area contributed by atoms with Crippen molar-refractivity contribution in [1.82, 2.24) is 14.8 Å². The summed E-state index contributed by atoms with van der Waals surface area (Å²) in [6.45, 7) is 11.8. The molecule has 0 saturated carbocycles. The van der Waals surface area contributed by atoms with E-state index in [-0.39, 0.29) is 5.41 Å². The molecule has 0 amide bonds. The Labute approximate surface area is 142 Å². The second-order valence-electron chi connectivity index (χ2n) is 8.50. The second-order valence-corrected chi connectivity index (χ2v) is 8.50. The van der Waals surface area contributed by atoms with Crippen LogP contribution in [0.4, 0.5) is 0 Å². The van der Waals surface area contributed by atoms with Crippen LogP contribution in [0.25, 0.3) is 0 Å². The van der Waals surface area contributed by atoms with E-state index in [9.17, 15) is 0 Å².